The van der Waals surface area contributed by atoms with Crippen LogP contribution in [0.5, 0.6) is 0 Å². The highest BCUT2D eigenvalue weighted by Gasteiger charge is 2.14. The van der Waals surface area contributed by atoms with Gasteiger partial charge in [-0.1, -0.05) is 16.8 Å². The number of halogens is 1. The molecular formula is C13H10BrN3OS. The molecule has 0 aliphatic rings. The number of anilines is 1. The Bertz CT molecular complexity index is 735. The lowest BCUT2D eigenvalue weighted by atomic mass is 10.1. The van der Waals surface area contributed by atoms with Crippen LogP contribution in [0, 0.1) is 6.92 Å². The number of thiophene rings is 1. The van der Waals surface area contributed by atoms with Crippen LogP contribution in [0.4, 0.5) is 5.69 Å². The fourth-order valence-corrected chi connectivity index (χ4v) is 3.07. The molecule has 2 heterocycles. The first kappa shape index (κ1) is 12.4. The SMILES string of the molecule is Cc1ccc(N)c(-c2nc(-c3cc(Br)cs3)no2)c1. The zero-order valence-corrected chi connectivity index (χ0v) is 12.5. The molecule has 0 saturated carbocycles. The molecule has 6 heteroatoms. The van der Waals surface area contributed by atoms with E-state index in [0.29, 0.717) is 17.4 Å². The summed E-state index contributed by atoms with van der Waals surface area (Å²) < 4.78 is 6.31. The van der Waals surface area contributed by atoms with E-state index in [1.165, 1.54) is 0 Å². The van der Waals surface area contributed by atoms with Gasteiger partial charge >= 0.3 is 0 Å². The summed E-state index contributed by atoms with van der Waals surface area (Å²) in [6, 6.07) is 7.69. The zero-order chi connectivity index (χ0) is 13.4. The molecule has 4 nitrogen and oxygen atoms in total. The summed E-state index contributed by atoms with van der Waals surface area (Å²) in [6.07, 6.45) is 0. The van der Waals surface area contributed by atoms with E-state index < -0.39 is 0 Å². The van der Waals surface area contributed by atoms with E-state index in [9.17, 15) is 0 Å². The van der Waals surface area contributed by atoms with Crippen molar-refractivity contribution in [3.8, 4) is 22.2 Å². The smallest absolute Gasteiger partial charge is 0.260 e. The number of benzene rings is 1. The number of aryl methyl sites for hydroxylation is 1. The maximum Gasteiger partial charge on any atom is 0.260 e. The summed E-state index contributed by atoms with van der Waals surface area (Å²) in [4.78, 5) is 5.35. The number of hydrogen-bond acceptors (Lipinski definition) is 5. The van der Waals surface area contributed by atoms with Gasteiger partial charge < -0.3 is 10.3 Å². The summed E-state index contributed by atoms with van der Waals surface area (Å²) in [5.41, 5.74) is 8.45. The van der Waals surface area contributed by atoms with Crippen LogP contribution in [0.1, 0.15) is 5.56 Å². The molecule has 0 fully saturated rings. The molecule has 19 heavy (non-hydrogen) atoms. The van der Waals surface area contributed by atoms with Gasteiger partial charge in [-0.15, -0.1) is 11.3 Å². The lowest BCUT2D eigenvalue weighted by molar-refractivity contribution is 0.432. The second-order valence-corrected chi connectivity index (χ2v) is 5.97. The van der Waals surface area contributed by atoms with Crippen LogP contribution in [-0.4, -0.2) is 10.1 Å². The van der Waals surface area contributed by atoms with Gasteiger partial charge in [0.2, 0.25) is 5.82 Å². The van der Waals surface area contributed by atoms with Crippen LogP contribution in [0.25, 0.3) is 22.2 Å². The predicted molar refractivity (Wildman–Crippen MR) is 79.9 cm³/mol. The quantitative estimate of drug-likeness (QED) is 0.715. The Hall–Kier alpha value is -1.66. The lowest BCUT2D eigenvalue weighted by Crippen LogP contribution is -1.90. The van der Waals surface area contributed by atoms with E-state index in [4.69, 9.17) is 10.3 Å². The molecule has 96 valence electrons. The number of aromatic nitrogens is 2. The second kappa shape index (κ2) is 4.79. The maximum absolute atomic E-state index is 5.94. The molecule has 0 atom stereocenters. The molecule has 3 aromatic rings. The van der Waals surface area contributed by atoms with Gasteiger partial charge in [-0.05, 0) is 41.1 Å². The molecule has 3 rings (SSSR count). The van der Waals surface area contributed by atoms with Crippen molar-refractivity contribution < 1.29 is 4.52 Å². The molecular weight excluding hydrogens is 326 g/mol. The Morgan fingerprint density at radius 1 is 1.32 bits per heavy atom. The Morgan fingerprint density at radius 3 is 2.89 bits per heavy atom. The van der Waals surface area contributed by atoms with Crippen LogP contribution in [0.15, 0.2) is 38.6 Å². The molecule has 2 aromatic heterocycles. The van der Waals surface area contributed by atoms with Crippen LogP contribution < -0.4 is 5.73 Å². The third-order valence-electron chi connectivity index (χ3n) is 2.65. The number of nitrogens with zero attached hydrogens (tertiary/aromatic N) is 2. The van der Waals surface area contributed by atoms with Gasteiger partial charge in [0.05, 0.1) is 10.4 Å². The van der Waals surface area contributed by atoms with Crippen LogP contribution in [0.3, 0.4) is 0 Å². The van der Waals surface area contributed by atoms with Crippen LogP contribution >= 0.6 is 27.3 Å². The van der Waals surface area contributed by atoms with E-state index in [-0.39, 0.29) is 0 Å². The number of rotatable bonds is 2. The summed E-state index contributed by atoms with van der Waals surface area (Å²) in [6.45, 7) is 2.00. The largest absolute Gasteiger partial charge is 0.398 e. The van der Waals surface area contributed by atoms with E-state index in [2.05, 4.69) is 26.1 Å². The van der Waals surface area contributed by atoms with Crippen molar-refractivity contribution >= 4 is 33.0 Å². The molecule has 0 bridgehead atoms. The number of nitrogens with two attached hydrogens (primary N) is 1. The lowest BCUT2D eigenvalue weighted by Gasteiger charge is -2.01. The summed E-state index contributed by atoms with van der Waals surface area (Å²) >= 11 is 4.96. The van der Waals surface area contributed by atoms with Crippen molar-refractivity contribution in [3.63, 3.8) is 0 Å². The summed E-state index contributed by atoms with van der Waals surface area (Å²) in [5.74, 6) is 1.02. The average molecular weight is 336 g/mol. The monoisotopic (exact) mass is 335 g/mol. The van der Waals surface area contributed by atoms with Crippen LogP contribution in [-0.2, 0) is 0 Å². The first-order valence-corrected chi connectivity index (χ1v) is 7.25. The van der Waals surface area contributed by atoms with E-state index in [0.717, 1.165) is 20.5 Å². The minimum atomic E-state index is 0.445. The first-order valence-electron chi connectivity index (χ1n) is 5.58. The maximum atomic E-state index is 5.94. The summed E-state index contributed by atoms with van der Waals surface area (Å²) in [7, 11) is 0. The standard InChI is InChI=1S/C13H10BrN3OS/c1-7-2-3-10(15)9(4-7)13-16-12(17-18-13)11-5-8(14)6-19-11/h2-6H,15H2,1H3. The van der Waals surface area contributed by atoms with E-state index >= 15 is 0 Å². The third-order valence-corrected chi connectivity index (χ3v) is 4.34. The Balaban J connectivity index is 2.03. The van der Waals surface area contributed by atoms with E-state index in [1.807, 2.05) is 36.6 Å². The fourth-order valence-electron chi connectivity index (χ4n) is 1.72. The topological polar surface area (TPSA) is 64.9 Å². The van der Waals surface area contributed by atoms with Gasteiger partial charge in [-0.3, -0.25) is 0 Å². The van der Waals surface area contributed by atoms with Gasteiger partial charge in [0.15, 0.2) is 0 Å². The van der Waals surface area contributed by atoms with Gasteiger partial charge in [-0.25, -0.2) is 0 Å². The van der Waals surface area contributed by atoms with Crippen molar-refractivity contribution in [1.82, 2.24) is 10.1 Å². The van der Waals surface area contributed by atoms with Crippen molar-refractivity contribution in [2.75, 3.05) is 5.73 Å². The molecule has 0 spiro atoms. The van der Waals surface area contributed by atoms with Crippen molar-refractivity contribution in [2.45, 2.75) is 6.92 Å². The van der Waals surface area contributed by atoms with Crippen molar-refractivity contribution in [3.05, 3.63) is 39.7 Å². The van der Waals surface area contributed by atoms with Gasteiger partial charge in [0, 0.05) is 15.5 Å². The molecule has 0 aliphatic heterocycles. The Kier molecular flexibility index (Phi) is 3.12. The third kappa shape index (κ3) is 2.41. The molecule has 1 aromatic carbocycles. The highest BCUT2D eigenvalue weighted by atomic mass is 79.9. The minimum Gasteiger partial charge on any atom is -0.398 e. The van der Waals surface area contributed by atoms with Gasteiger partial charge in [-0.2, -0.15) is 4.98 Å². The van der Waals surface area contributed by atoms with Crippen molar-refractivity contribution in [1.29, 1.82) is 0 Å². The highest BCUT2D eigenvalue weighted by molar-refractivity contribution is 9.10. The summed E-state index contributed by atoms with van der Waals surface area (Å²) in [5, 5.41) is 5.97. The zero-order valence-electron chi connectivity index (χ0n) is 10.1. The average Bonchev–Trinajstić information content (AvgIpc) is 3.00. The predicted octanol–water partition coefficient (Wildman–Crippen LogP) is 4.12. The number of nitrogen functional groups attached to an aromatic ring is 1. The van der Waals surface area contributed by atoms with Crippen LogP contribution in [0.2, 0.25) is 0 Å². The normalized spacial score (nSPS) is 10.8. The minimum absolute atomic E-state index is 0.445. The Labute approximate surface area is 122 Å². The van der Waals surface area contributed by atoms with Gasteiger partial charge in [0.25, 0.3) is 5.89 Å². The molecule has 0 saturated heterocycles. The molecule has 0 amide bonds. The molecule has 0 aliphatic carbocycles. The molecule has 2 N–H and O–H groups in total. The fraction of sp³-hybridized carbons (Fsp3) is 0.0769. The second-order valence-electron chi connectivity index (χ2n) is 4.14. The van der Waals surface area contributed by atoms with Gasteiger partial charge in [0.1, 0.15) is 0 Å². The highest BCUT2D eigenvalue weighted by Crippen LogP contribution is 2.31. The van der Waals surface area contributed by atoms with Crippen molar-refractivity contribution in [2.24, 2.45) is 0 Å². The Morgan fingerprint density at radius 2 is 2.16 bits per heavy atom. The first-order chi connectivity index (χ1) is 9.13. The number of hydrogen-bond donors (Lipinski definition) is 1. The molecule has 0 unspecified atom stereocenters. The van der Waals surface area contributed by atoms with E-state index in [1.54, 1.807) is 11.3 Å². The molecule has 0 radical (unpaired) electrons.